The lowest BCUT2D eigenvalue weighted by Crippen LogP contribution is -2.06. The number of benzene rings is 2. The van der Waals surface area contributed by atoms with Crippen molar-refractivity contribution in [1.82, 2.24) is 0 Å². The summed E-state index contributed by atoms with van der Waals surface area (Å²) in [7, 11) is 0. The molecule has 0 radical (unpaired) electrons. The highest BCUT2D eigenvalue weighted by atomic mass is 127. The Morgan fingerprint density at radius 2 is 1.79 bits per heavy atom. The minimum atomic E-state index is 0.0882. The Labute approximate surface area is 126 Å². The van der Waals surface area contributed by atoms with Crippen molar-refractivity contribution in [3.8, 4) is 5.75 Å². The van der Waals surface area contributed by atoms with Crippen molar-refractivity contribution < 1.29 is 9.53 Å². The molecule has 0 fully saturated rings. The molecular formula is C16H15IO2. The third-order valence-corrected chi connectivity index (χ3v) is 3.48. The van der Waals surface area contributed by atoms with Crippen LogP contribution >= 0.6 is 22.6 Å². The number of hydrogen-bond donors (Lipinski definition) is 0. The lowest BCUT2D eigenvalue weighted by atomic mass is 10.0. The van der Waals surface area contributed by atoms with Crippen molar-refractivity contribution in [2.75, 3.05) is 6.61 Å². The van der Waals surface area contributed by atoms with Crippen molar-refractivity contribution in [1.29, 1.82) is 0 Å². The highest BCUT2D eigenvalue weighted by molar-refractivity contribution is 14.1. The van der Waals surface area contributed by atoms with Gasteiger partial charge in [-0.2, -0.15) is 0 Å². The minimum Gasteiger partial charge on any atom is -0.493 e. The summed E-state index contributed by atoms with van der Waals surface area (Å²) >= 11 is 2.25. The fourth-order valence-corrected chi connectivity index (χ4v) is 2.22. The van der Waals surface area contributed by atoms with Crippen LogP contribution in [0.25, 0.3) is 0 Å². The van der Waals surface area contributed by atoms with Gasteiger partial charge in [-0.1, -0.05) is 24.3 Å². The summed E-state index contributed by atoms with van der Waals surface area (Å²) in [6.45, 7) is 2.48. The van der Waals surface area contributed by atoms with Crippen LogP contribution in [0.3, 0.4) is 0 Å². The Hall–Kier alpha value is -1.36. The van der Waals surface area contributed by atoms with E-state index in [0.29, 0.717) is 24.3 Å². The Bertz CT molecular complexity index is 561. The molecule has 2 rings (SSSR count). The number of halogens is 1. The van der Waals surface area contributed by atoms with Crippen LogP contribution in [0.1, 0.15) is 22.8 Å². The first kappa shape index (κ1) is 14.1. The van der Waals surface area contributed by atoms with Crippen LogP contribution in [0.2, 0.25) is 0 Å². The fourth-order valence-electron chi connectivity index (χ4n) is 1.86. The van der Waals surface area contributed by atoms with Crippen molar-refractivity contribution in [2.24, 2.45) is 0 Å². The van der Waals surface area contributed by atoms with Crippen molar-refractivity contribution in [2.45, 2.75) is 13.3 Å². The Morgan fingerprint density at radius 1 is 1.11 bits per heavy atom. The van der Waals surface area contributed by atoms with Crippen LogP contribution in [0.4, 0.5) is 0 Å². The second kappa shape index (κ2) is 6.70. The first-order chi connectivity index (χ1) is 9.20. The van der Waals surface area contributed by atoms with Crippen molar-refractivity contribution in [3.63, 3.8) is 0 Å². The van der Waals surface area contributed by atoms with Crippen molar-refractivity contribution >= 4 is 28.4 Å². The molecule has 0 unspecified atom stereocenters. The number of ether oxygens (including phenoxy) is 1. The van der Waals surface area contributed by atoms with Gasteiger partial charge < -0.3 is 4.74 Å². The lowest BCUT2D eigenvalue weighted by molar-refractivity contribution is 0.0989. The molecule has 2 aromatic carbocycles. The molecule has 0 aliphatic rings. The molecule has 0 bridgehead atoms. The molecule has 98 valence electrons. The number of rotatable bonds is 5. The standard InChI is InChI=1S/C16H15IO2/c1-2-19-16-6-4-3-5-14(16)15(18)11-12-7-9-13(17)10-8-12/h3-10H,2,11H2,1H3. The zero-order valence-electron chi connectivity index (χ0n) is 10.7. The molecule has 2 aromatic rings. The summed E-state index contributed by atoms with van der Waals surface area (Å²) in [6.07, 6.45) is 0.404. The van der Waals surface area contributed by atoms with Gasteiger partial charge in [0.2, 0.25) is 0 Å². The Kier molecular flexibility index (Phi) is 4.96. The number of ketones is 1. The van der Waals surface area contributed by atoms with Gasteiger partial charge in [-0.3, -0.25) is 4.79 Å². The molecule has 2 nitrogen and oxygen atoms in total. The van der Waals surface area contributed by atoms with E-state index in [1.54, 1.807) is 0 Å². The maximum Gasteiger partial charge on any atom is 0.170 e. The van der Waals surface area contributed by atoms with E-state index in [1.807, 2.05) is 55.5 Å². The number of carbonyl (C=O) groups excluding carboxylic acids is 1. The molecular weight excluding hydrogens is 351 g/mol. The topological polar surface area (TPSA) is 26.3 Å². The second-order valence-corrected chi connectivity index (χ2v) is 5.40. The van der Waals surface area contributed by atoms with Gasteiger partial charge in [-0.15, -0.1) is 0 Å². The van der Waals surface area contributed by atoms with Crippen LogP contribution in [0, 0.1) is 3.57 Å². The molecule has 0 aliphatic heterocycles. The number of carbonyl (C=O) groups is 1. The molecule has 0 heterocycles. The summed E-state index contributed by atoms with van der Waals surface area (Å²) in [6, 6.07) is 15.4. The average Bonchev–Trinajstić information content (AvgIpc) is 2.42. The van der Waals surface area contributed by atoms with Crippen LogP contribution in [-0.2, 0) is 6.42 Å². The van der Waals surface area contributed by atoms with E-state index in [0.717, 1.165) is 5.56 Å². The summed E-state index contributed by atoms with van der Waals surface area (Å²) in [4.78, 5) is 12.3. The average molecular weight is 366 g/mol. The van der Waals surface area contributed by atoms with E-state index >= 15 is 0 Å². The van der Waals surface area contributed by atoms with E-state index in [9.17, 15) is 4.79 Å². The van der Waals surface area contributed by atoms with Gasteiger partial charge in [0.05, 0.1) is 12.2 Å². The summed E-state index contributed by atoms with van der Waals surface area (Å²) in [5.41, 5.74) is 1.68. The maximum absolute atomic E-state index is 12.3. The van der Waals surface area contributed by atoms with Crippen LogP contribution < -0.4 is 4.74 Å². The summed E-state index contributed by atoms with van der Waals surface area (Å²) in [5, 5.41) is 0. The van der Waals surface area contributed by atoms with Gasteiger partial charge in [0.15, 0.2) is 5.78 Å². The minimum absolute atomic E-state index is 0.0882. The van der Waals surface area contributed by atoms with E-state index < -0.39 is 0 Å². The smallest absolute Gasteiger partial charge is 0.170 e. The molecule has 0 aromatic heterocycles. The normalized spacial score (nSPS) is 10.2. The predicted octanol–water partition coefficient (Wildman–Crippen LogP) is 4.12. The zero-order valence-corrected chi connectivity index (χ0v) is 12.9. The van der Waals surface area contributed by atoms with Gasteiger partial charge >= 0.3 is 0 Å². The molecule has 0 N–H and O–H groups in total. The van der Waals surface area contributed by atoms with Gasteiger partial charge in [0, 0.05) is 9.99 Å². The van der Waals surface area contributed by atoms with E-state index in [4.69, 9.17) is 4.74 Å². The summed E-state index contributed by atoms with van der Waals surface area (Å²) in [5.74, 6) is 0.755. The lowest BCUT2D eigenvalue weighted by Gasteiger charge is -2.09. The van der Waals surface area contributed by atoms with E-state index in [2.05, 4.69) is 22.6 Å². The third kappa shape index (κ3) is 3.80. The third-order valence-electron chi connectivity index (χ3n) is 2.77. The first-order valence-corrected chi connectivity index (χ1v) is 7.28. The van der Waals surface area contributed by atoms with Gasteiger partial charge in [0.1, 0.15) is 5.75 Å². The van der Waals surface area contributed by atoms with Gasteiger partial charge in [-0.05, 0) is 59.3 Å². The first-order valence-electron chi connectivity index (χ1n) is 6.20. The fraction of sp³-hybridized carbons (Fsp3) is 0.188. The van der Waals surface area contributed by atoms with Crippen molar-refractivity contribution in [3.05, 3.63) is 63.2 Å². The van der Waals surface area contributed by atoms with Gasteiger partial charge in [-0.25, -0.2) is 0 Å². The molecule has 0 spiro atoms. The van der Waals surface area contributed by atoms with E-state index in [-0.39, 0.29) is 5.78 Å². The van der Waals surface area contributed by atoms with Crippen LogP contribution in [0.15, 0.2) is 48.5 Å². The molecule has 19 heavy (non-hydrogen) atoms. The van der Waals surface area contributed by atoms with E-state index in [1.165, 1.54) is 3.57 Å². The Balaban J connectivity index is 2.18. The second-order valence-electron chi connectivity index (χ2n) is 4.16. The number of Topliss-reactive ketones (excluding diaryl/α,β-unsaturated/α-hetero) is 1. The van der Waals surface area contributed by atoms with Gasteiger partial charge in [0.25, 0.3) is 0 Å². The molecule has 3 heteroatoms. The SMILES string of the molecule is CCOc1ccccc1C(=O)Cc1ccc(I)cc1. The predicted molar refractivity (Wildman–Crippen MR) is 84.8 cm³/mol. The van der Waals surface area contributed by atoms with Crippen LogP contribution in [-0.4, -0.2) is 12.4 Å². The molecule has 0 saturated carbocycles. The maximum atomic E-state index is 12.3. The quantitative estimate of drug-likeness (QED) is 0.588. The monoisotopic (exact) mass is 366 g/mol. The molecule has 0 atom stereocenters. The number of para-hydroxylation sites is 1. The highest BCUT2D eigenvalue weighted by Gasteiger charge is 2.12. The number of hydrogen-bond acceptors (Lipinski definition) is 2. The summed E-state index contributed by atoms with van der Waals surface area (Å²) < 4.78 is 6.66. The highest BCUT2D eigenvalue weighted by Crippen LogP contribution is 2.20. The van der Waals surface area contributed by atoms with Crippen LogP contribution in [0.5, 0.6) is 5.75 Å². The Morgan fingerprint density at radius 3 is 2.47 bits per heavy atom. The largest absolute Gasteiger partial charge is 0.493 e. The zero-order chi connectivity index (χ0) is 13.7. The molecule has 0 amide bonds. The molecule has 0 aliphatic carbocycles. The molecule has 0 saturated heterocycles.